The van der Waals surface area contributed by atoms with Crippen LogP contribution in [0.1, 0.15) is 43.5 Å². The largest absolute Gasteiger partial charge is 0.489 e. The van der Waals surface area contributed by atoms with Gasteiger partial charge in [-0.25, -0.2) is 9.37 Å². The number of halogens is 2. The van der Waals surface area contributed by atoms with Crippen LogP contribution < -0.4 is 9.64 Å². The van der Waals surface area contributed by atoms with Gasteiger partial charge in [0.1, 0.15) is 28.8 Å². The Hall–Kier alpha value is -3.17. The first-order valence-electron chi connectivity index (χ1n) is 13.9. The molecule has 0 radical (unpaired) electrons. The summed E-state index contributed by atoms with van der Waals surface area (Å²) in [5.41, 5.74) is 0.481. The number of anilines is 1. The number of nitrogens with zero attached hydrogens (tertiary/aromatic N) is 5. The van der Waals surface area contributed by atoms with Crippen molar-refractivity contribution in [3.63, 3.8) is 0 Å². The zero-order chi connectivity index (χ0) is 28.3. The van der Waals surface area contributed by atoms with Gasteiger partial charge in [-0.05, 0) is 58.4 Å². The first-order valence-corrected chi connectivity index (χ1v) is 14.3. The molecule has 10 heteroatoms. The van der Waals surface area contributed by atoms with E-state index in [0.717, 1.165) is 6.42 Å². The number of amides is 2. The maximum absolute atomic E-state index is 15.1. The van der Waals surface area contributed by atoms with E-state index in [1.165, 1.54) is 25.0 Å². The SMILES string of the molecule is C=CC(=O)N1CCN2C(=O)c3c(N4CC(N(C)C5CC5)CC4(C)C)nc(-c4ccccc4F)c(Cl)c3OC[C@H]2C1. The molecule has 212 valence electrons. The predicted octanol–water partition coefficient (Wildman–Crippen LogP) is 4.22. The molecule has 1 aliphatic carbocycles. The van der Waals surface area contributed by atoms with Crippen LogP contribution in [-0.4, -0.2) is 95.0 Å². The van der Waals surface area contributed by atoms with Crippen molar-refractivity contribution in [2.45, 2.75) is 56.8 Å². The molecule has 0 bridgehead atoms. The first kappa shape index (κ1) is 27.0. The lowest BCUT2D eigenvalue weighted by Gasteiger charge is -2.40. The monoisotopic (exact) mass is 567 g/mol. The molecule has 3 fully saturated rings. The quantitative estimate of drug-likeness (QED) is 0.504. The van der Waals surface area contributed by atoms with E-state index in [1.807, 2.05) is 0 Å². The van der Waals surface area contributed by atoms with Crippen molar-refractivity contribution < 1.29 is 18.7 Å². The van der Waals surface area contributed by atoms with Gasteiger partial charge in [-0.2, -0.15) is 0 Å². The predicted molar refractivity (Wildman–Crippen MR) is 152 cm³/mol. The number of likely N-dealkylation sites (N-methyl/N-ethyl adjacent to an activating group) is 1. The van der Waals surface area contributed by atoms with E-state index >= 15 is 4.39 Å². The summed E-state index contributed by atoms with van der Waals surface area (Å²) >= 11 is 6.92. The van der Waals surface area contributed by atoms with Gasteiger partial charge >= 0.3 is 0 Å². The molecule has 4 heterocycles. The Balaban J connectivity index is 1.48. The molecule has 1 saturated carbocycles. The maximum Gasteiger partial charge on any atom is 0.261 e. The number of aromatic nitrogens is 1. The second-order valence-electron chi connectivity index (χ2n) is 11.9. The number of rotatable bonds is 5. The Labute approximate surface area is 239 Å². The van der Waals surface area contributed by atoms with E-state index in [9.17, 15) is 9.59 Å². The van der Waals surface area contributed by atoms with Crippen LogP contribution in [0, 0.1) is 5.82 Å². The minimum absolute atomic E-state index is 0.111. The number of carbonyl (C=O) groups is 2. The summed E-state index contributed by atoms with van der Waals surface area (Å²) in [6.45, 7) is 9.82. The van der Waals surface area contributed by atoms with Gasteiger partial charge in [0.05, 0.1) is 11.7 Å². The Morgan fingerprint density at radius 2 is 1.98 bits per heavy atom. The molecule has 2 amide bonds. The average Bonchev–Trinajstić information content (AvgIpc) is 3.75. The lowest BCUT2D eigenvalue weighted by atomic mass is 9.98. The number of hydrogen-bond acceptors (Lipinski definition) is 6. The Morgan fingerprint density at radius 3 is 2.67 bits per heavy atom. The van der Waals surface area contributed by atoms with Crippen LogP contribution in [0.5, 0.6) is 5.75 Å². The van der Waals surface area contributed by atoms with Gasteiger partial charge in [0.15, 0.2) is 5.75 Å². The molecule has 40 heavy (non-hydrogen) atoms. The molecule has 6 rings (SSSR count). The summed E-state index contributed by atoms with van der Waals surface area (Å²) in [7, 11) is 2.17. The number of fused-ring (bicyclic) bond motifs is 2. The highest BCUT2D eigenvalue weighted by atomic mass is 35.5. The number of ether oxygens (including phenoxy) is 1. The lowest BCUT2D eigenvalue weighted by Crippen LogP contribution is -2.57. The summed E-state index contributed by atoms with van der Waals surface area (Å²) in [6, 6.07) is 6.88. The van der Waals surface area contributed by atoms with Crippen molar-refractivity contribution in [2.24, 2.45) is 0 Å². The smallest absolute Gasteiger partial charge is 0.261 e. The third kappa shape index (κ3) is 4.53. The summed E-state index contributed by atoms with van der Waals surface area (Å²) in [4.78, 5) is 39.7. The highest BCUT2D eigenvalue weighted by Crippen LogP contribution is 2.47. The number of pyridine rings is 1. The number of benzene rings is 1. The molecule has 4 aliphatic rings. The van der Waals surface area contributed by atoms with Crippen molar-refractivity contribution in [1.29, 1.82) is 0 Å². The van der Waals surface area contributed by atoms with Gasteiger partial charge in [0.25, 0.3) is 5.91 Å². The first-order chi connectivity index (χ1) is 19.1. The van der Waals surface area contributed by atoms with E-state index in [-0.39, 0.29) is 58.1 Å². The van der Waals surface area contributed by atoms with E-state index in [4.69, 9.17) is 21.3 Å². The van der Waals surface area contributed by atoms with Gasteiger partial charge in [-0.15, -0.1) is 0 Å². The van der Waals surface area contributed by atoms with Crippen molar-refractivity contribution in [2.75, 3.05) is 44.7 Å². The third-order valence-corrected chi connectivity index (χ3v) is 9.23. The van der Waals surface area contributed by atoms with Gasteiger partial charge < -0.3 is 19.4 Å². The standard InChI is InChI=1S/C30H35ClFN5O3/c1-5-23(38)35-12-13-36-20(15-35)17-40-27-24(29(36)39)28(33-26(25(27)31)21-8-6-7-9-22(21)32)37-16-19(14-30(37,2)3)34(4)18-10-11-18/h5-9,18-20H,1,10-17H2,2-4H3/t19?,20-/m1/s1. The fourth-order valence-corrected chi connectivity index (χ4v) is 6.73. The zero-order valence-corrected chi connectivity index (χ0v) is 24.0. The molecule has 2 saturated heterocycles. The van der Waals surface area contributed by atoms with Crippen molar-refractivity contribution >= 4 is 29.2 Å². The topological polar surface area (TPSA) is 69.2 Å². The summed E-state index contributed by atoms with van der Waals surface area (Å²) < 4.78 is 21.4. The van der Waals surface area contributed by atoms with Crippen LogP contribution in [0.2, 0.25) is 5.02 Å². The fourth-order valence-electron chi connectivity index (χ4n) is 6.44. The summed E-state index contributed by atoms with van der Waals surface area (Å²) in [5, 5.41) is 0.111. The highest BCUT2D eigenvalue weighted by Gasteiger charge is 2.47. The van der Waals surface area contributed by atoms with Gasteiger partial charge in [-0.3, -0.25) is 14.5 Å². The Morgan fingerprint density at radius 1 is 1.23 bits per heavy atom. The number of hydrogen-bond donors (Lipinski definition) is 0. The average molecular weight is 568 g/mol. The van der Waals surface area contributed by atoms with Crippen LogP contribution in [0.3, 0.4) is 0 Å². The fraction of sp³-hybridized carbons (Fsp3) is 0.500. The molecule has 1 aromatic heterocycles. The zero-order valence-electron chi connectivity index (χ0n) is 23.2. The normalized spacial score (nSPS) is 23.9. The lowest BCUT2D eigenvalue weighted by molar-refractivity contribution is -0.128. The van der Waals surface area contributed by atoms with Gasteiger partial charge in [-0.1, -0.05) is 30.3 Å². The molecule has 0 N–H and O–H groups in total. The maximum atomic E-state index is 15.1. The van der Waals surface area contributed by atoms with E-state index in [0.29, 0.717) is 43.6 Å². The van der Waals surface area contributed by atoms with Crippen molar-refractivity contribution in [3.8, 4) is 17.0 Å². The molecule has 2 aromatic rings. The molecule has 1 aromatic carbocycles. The van der Waals surface area contributed by atoms with Gasteiger partial charge in [0, 0.05) is 49.4 Å². The van der Waals surface area contributed by atoms with Crippen LogP contribution in [-0.2, 0) is 4.79 Å². The minimum Gasteiger partial charge on any atom is -0.489 e. The molecule has 3 aliphatic heterocycles. The van der Waals surface area contributed by atoms with E-state index in [1.54, 1.807) is 28.0 Å². The second kappa shape index (κ2) is 10.0. The second-order valence-corrected chi connectivity index (χ2v) is 12.3. The van der Waals surface area contributed by atoms with Crippen molar-refractivity contribution in [3.05, 3.63) is 53.3 Å². The van der Waals surface area contributed by atoms with Crippen LogP contribution in [0.4, 0.5) is 10.2 Å². The summed E-state index contributed by atoms with van der Waals surface area (Å²) in [5.74, 6) is -0.181. The molecule has 0 spiro atoms. The van der Waals surface area contributed by atoms with E-state index in [2.05, 4.69) is 37.3 Å². The van der Waals surface area contributed by atoms with Crippen LogP contribution >= 0.6 is 11.6 Å². The molecule has 1 unspecified atom stereocenters. The Kier molecular flexibility index (Phi) is 6.78. The van der Waals surface area contributed by atoms with Gasteiger partial charge in [0.2, 0.25) is 5.91 Å². The van der Waals surface area contributed by atoms with Crippen molar-refractivity contribution in [1.82, 2.24) is 19.7 Å². The van der Waals surface area contributed by atoms with E-state index < -0.39 is 5.82 Å². The third-order valence-electron chi connectivity index (χ3n) is 8.88. The molecular weight excluding hydrogens is 533 g/mol. The van der Waals surface area contributed by atoms with Crippen LogP contribution in [0.15, 0.2) is 36.9 Å². The molecule has 2 atom stereocenters. The highest BCUT2D eigenvalue weighted by molar-refractivity contribution is 6.35. The molecule has 8 nitrogen and oxygen atoms in total. The Bertz CT molecular complexity index is 1380. The minimum atomic E-state index is -0.453. The molecular formula is C30H35ClFN5O3. The number of carbonyl (C=O) groups excluding carboxylic acids is 2. The number of piperazine rings is 1. The summed E-state index contributed by atoms with van der Waals surface area (Å²) in [6.07, 6.45) is 4.59. The van der Waals surface area contributed by atoms with Crippen LogP contribution in [0.25, 0.3) is 11.3 Å².